The Morgan fingerprint density at radius 2 is 1.31 bits per heavy atom. The average molecular weight is 489 g/mol. The van der Waals surface area contributed by atoms with E-state index in [0.29, 0.717) is 30.1 Å². The highest BCUT2D eigenvalue weighted by molar-refractivity contribution is 6.04. The first-order valence-corrected chi connectivity index (χ1v) is 12.0. The molecule has 11 nitrogen and oxygen atoms in total. The van der Waals surface area contributed by atoms with Gasteiger partial charge in [0.05, 0.1) is 26.2 Å². The van der Waals surface area contributed by atoms with E-state index in [2.05, 4.69) is 65.0 Å². The molecule has 4 aliphatic heterocycles. The minimum Gasteiger partial charge on any atom is -0.369 e. The number of rotatable bonds is 10. The summed E-state index contributed by atoms with van der Waals surface area (Å²) in [5, 5.41) is 18.5. The number of carbonyl (C=O) groups excluding carboxylic acids is 1. The first kappa shape index (κ1) is 24.7. The summed E-state index contributed by atoms with van der Waals surface area (Å²) in [6, 6.07) is -0.436. The van der Waals surface area contributed by atoms with Crippen molar-refractivity contribution in [3.05, 3.63) is 72.2 Å². The maximum atomic E-state index is 12.8. The van der Waals surface area contributed by atoms with E-state index in [1.165, 1.54) is 0 Å². The number of urea groups is 1. The fourth-order valence-corrected chi connectivity index (χ4v) is 3.71. The van der Waals surface area contributed by atoms with E-state index in [1.54, 1.807) is 18.2 Å². The van der Waals surface area contributed by atoms with E-state index >= 15 is 0 Å². The van der Waals surface area contributed by atoms with Crippen LogP contribution in [-0.4, -0.2) is 81.7 Å². The molecule has 0 spiro atoms. The number of carbonyl (C=O) groups is 1. The summed E-state index contributed by atoms with van der Waals surface area (Å²) in [5.74, 6) is 3.05. The zero-order valence-electron chi connectivity index (χ0n) is 20.2. The van der Waals surface area contributed by atoms with Gasteiger partial charge in [0.15, 0.2) is 0 Å². The van der Waals surface area contributed by atoms with Crippen LogP contribution in [0.25, 0.3) is 0 Å². The van der Waals surface area contributed by atoms with Gasteiger partial charge in [-0.15, -0.1) is 0 Å². The van der Waals surface area contributed by atoms with Gasteiger partial charge in [-0.3, -0.25) is 20.0 Å². The van der Waals surface area contributed by atoms with E-state index in [1.807, 2.05) is 18.2 Å². The van der Waals surface area contributed by atoms with Gasteiger partial charge in [-0.2, -0.15) is 0 Å². The molecule has 2 amide bonds. The summed E-state index contributed by atoms with van der Waals surface area (Å²) >= 11 is 0. The Kier molecular flexibility index (Phi) is 8.47. The Hall–Kier alpha value is -4.41. The van der Waals surface area contributed by atoms with Gasteiger partial charge >= 0.3 is 6.03 Å². The van der Waals surface area contributed by atoms with Crippen LogP contribution in [0, 0.1) is 0 Å². The number of nitrogens with one attached hydrogen (secondary N) is 6. The second kappa shape index (κ2) is 12.3. The van der Waals surface area contributed by atoms with Crippen LogP contribution in [0.15, 0.2) is 92.1 Å². The van der Waals surface area contributed by atoms with Crippen LogP contribution in [-0.2, 0) is 0 Å². The van der Waals surface area contributed by atoms with Crippen LogP contribution in [0.4, 0.5) is 4.79 Å². The van der Waals surface area contributed by atoms with E-state index in [9.17, 15) is 4.79 Å². The van der Waals surface area contributed by atoms with E-state index < -0.39 is 6.03 Å². The van der Waals surface area contributed by atoms with Gasteiger partial charge in [0, 0.05) is 48.7 Å². The maximum Gasteiger partial charge on any atom is 0.323 e. The molecule has 0 radical (unpaired) electrons. The van der Waals surface area contributed by atoms with E-state index in [4.69, 9.17) is 0 Å². The lowest BCUT2D eigenvalue weighted by atomic mass is 10.1. The standard InChI is InChI=1S/C25H32N10O/c1-17(23-30-11-12-31-23)15-20(4-6-22-28-9-10-29-22)35-25(36)34-18(2)16-19(24-32-13-14-33-24)3-5-21-26-7-8-27-21/h3-6,15-16H,1-2,7-14H2,(H,26,27)(H,28,29)(H,30,31)(H,32,33)(H2,34,35,36)/b5-3+,6-4+,19-16+,20-15+. The molecule has 11 heteroatoms. The molecule has 0 unspecified atom stereocenters. The molecule has 0 atom stereocenters. The van der Waals surface area contributed by atoms with Crippen LogP contribution in [0.2, 0.25) is 0 Å². The van der Waals surface area contributed by atoms with Gasteiger partial charge in [-0.25, -0.2) is 4.79 Å². The normalized spacial score (nSPS) is 19.7. The largest absolute Gasteiger partial charge is 0.369 e. The van der Waals surface area contributed by atoms with E-state index in [0.717, 1.165) is 68.2 Å². The molecular weight excluding hydrogens is 456 g/mol. The highest BCUT2D eigenvalue weighted by atomic mass is 16.2. The summed E-state index contributed by atoms with van der Waals surface area (Å²) in [6.45, 7) is 14.1. The summed E-state index contributed by atoms with van der Waals surface area (Å²) in [5.41, 5.74) is 2.42. The quantitative estimate of drug-likeness (QED) is 0.245. The highest BCUT2D eigenvalue weighted by Crippen LogP contribution is 2.08. The van der Waals surface area contributed by atoms with Crippen molar-refractivity contribution in [2.45, 2.75) is 0 Å². The number of hydrogen-bond acceptors (Lipinski definition) is 9. The molecule has 4 aliphatic rings. The third kappa shape index (κ3) is 7.29. The molecule has 0 saturated carbocycles. The van der Waals surface area contributed by atoms with Crippen LogP contribution >= 0.6 is 0 Å². The molecule has 0 aromatic heterocycles. The topological polar surface area (TPSA) is 139 Å². The third-order valence-corrected chi connectivity index (χ3v) is 5.36. The van der Waals surface area contributed by atoms with Crippen LogP contribution in [0.1, 0.15) is 0 Å². The fraction of sp³-hybridized carbons (Fsp3) is 0.320. The predicted molar refractivity (Wildman–Crippen MR) is 146 cm³/mol. The SMILES string of the molecule is C=C(/C=C(\C=C\C1=NCCN1)C1=NCCN1)NC(=O)NC(/C=C/C1=NCCN1)=C/C(=C)C1=NCCN1. The van der Waals surface area contributed by atoms with Gasteiger partial charge in [-0.1, -0.05) is 13.2 Å². The molecule has 0 bridgehead atoms. The van der Waals surface area contributed by atoms with Crippen molar-refractivity contribution >= 4 is 29.4 Å². The number of aliphatic imine (C=N–C) groups is 4. The summed E-state index contributed by atoms with van der Waals surface area (Å²) in [7, 11) is 0. The maximum absolute atomic E-state index is 12.8. The molecule has 188 valence electrons. The van der Waals surface area contributed by atoms with Crippen LogP contribution in [0.5, 0.6) is 0 Å². The van der Waals surface area contributed by atoms with Crippen LogP contribution < -0.4 is 31.9 Å². The summed E-state index contributed by atoms with van der Waals surface area (Å²) in [4.78, 5) is 30.4. The van der Waals surface area contributed by atoms with Crippen molar-refractivity contribution < 1.29 is 4.79 Å². The molecule has 36 heavy (non-hydrogen) atoms. The first-order valence-electron chi connectivity index (χ1n) is 12.0. The molecular formula is C25H32N10O. The molecule has 4 heterocycles. The molecule has 0 aliphatic carbocycles. The first-order chi connectivity index (χ1) is 17.6. The van der Waals surface area contributed by atoms with Crippen molar-refractivity contribution in [3.63, 3.8) is 0 Å². The molecule has 6 N–H and O–H groups in total. The number of hydrogen-bond donors (Lipinski definition) is 6. The van der Waals surface area contributed by atoms with Gasteiger partial charge < -0.3 is 31.9 Å². The lowest BCUT2D eigenvalue weighted by molar-refractivity contribution is 0.246. The zero-order valence-corrected chi connectivity index (χ0v) is 20.2. The number of amidine groups is 4. The van der Waals surface area contributed by atoms with E-state index in [-0.39, 0.29) is 0 Å². The average Bonchev–Trinajstić information content (AvgIpc) is 3.68. The second-order valence-corrected chi connectivity index (χ2v) is 8.20. The lowest BCUT2D eigenvalue weighted by Gasteiger charge is -2.11. The molecule has 0 fully saturated rings. The molecule has 0 saturated heterocycles. The highest BCUT2D eigenvalue weighted by Gasteiger charge is 2.13. The van der Waals surface area contributed by atoms with Crippen molar-refractivity contribution in [1.82, 2.24) is 31.9 Å². The monoisotopic (exact) mass is 488 g/mol. The number of allylic oxidation sites excluding steroid dienone is 2. The summed E-state index contributed by atoms with van der Waals surface area (Å²) < 4.78 is 0. The molecule has 0 aromatic carbocycles. The Morgan fingerprint density at radius 3 is 1.89 bits per heavy atom. The Morgan fingerprint density at radius 1 is 0.722 bits per heavy atom. The van der Waals surface area contributed by atoms with Crippen molar-refractivity contribution in [1.29, 1.82) is 0 Å². The minimum atomic E-state index is -0.436. The van der Waals surface area contributed by atoms with Crippen molar-refractivity contribution in [3.8, 4) is 0 Å². The molecule has 0 aromatic rings. The third-order valence-electron chi connectivity index (χ3n) is 5.36. The van der Waals surface area contributed by atoms with Gasteiger partial charge in [0.1, 0.15) is 23.3 Å². The number of amides is 2. The fourth-order valence-electron chi connectivity index (χ4n) is 3.71. The van der Waals surface area contributed by atoms with Crippen molar-refractivity contribution in [2.24, 2.45) is 20.0 Å². The van der Waals surface area contributed by atoms with Crippen molar-refractivity contribution in [2.75, 3.05) is 52.4 Å². The van der Waals surface area contributed by atoms with Crippen LogP contribution in [0.3, 0.4) is 0 Å². The predicted octanol–water partition coefficient (Wildman–Crippen LogP) is 0.285. The van der Waals surface area contributed by atoms with Gasteiger partial charge in [-0.05, 0) is 36.5 Å². The zero-order chi connectivity index (χ0) is 25.2. The molecule has 4 rings (SSSR count). The van der Waals surface area contributed by atoms with Gasteiger partial charge in [0.2, 0.25) is 0 Å². The second-order valence-electron chi connectivity index (χ2n) is 8.20. The van der Waals surface area contributed by atoms with Gasteiger partial charge in [0.25, 0.3) is 0 Å². The Balaban J connectivity index is 1.44. The number of nitrogens with zero attached hydrogens (tertiary/aromatic N) is 4. The summed E-state index contributed by atoms with van der Waals surface area (Å²) in [6.07, 6.45) is 10.9. The smallest absolute Gasteiger partial charge is 0.323 e. The Labute approximate surface area is 210 Å². The Bertz CT molecular complexity index is 1150. The lowest BCUT2D eigenvalue weighted by Crippen LogP contribution is -2.34. The minimum absolute atomic E-state index is 0.413.